The Balaban J connectivity index is 3.11. The topological polar surface area (TPSA) is 96.3 Å². The summed E-state index contributed by atoms with van der Waals surface area (Å²) in [5, 5.41) is 18.3. The summed E-state index contributed by atoms with van der Waals surface area (Å²) in [6, 6.07) is 1.77. The fourth-order valence-corrected chi connectivity index (χ4v) is 1.48. The Morgan fingerprint density at radius 3 is 2.79 bits per heavy atom. The van der Waals surface area contributed by atoms with Crippen molar-refractivity contribution in [3.8, 4) is 11.8 Å². The van der Waals surface area contributed by atoms with Crippen molar-refractivity contribution in [1.82, 2.24) is 0 Å². The Bertz CT molecular complexity index is 528. The molecule has 19 heavy (non-hydrogen) atoms. The molecule has 1 rings (SSSR count). The number of carbonyl (C=O) groups excluding carboxylic acids is 1. The van der Waals surface area contributed by atoms with Gasteiger partial charge in [-0.3, -0.25) is 0 Å². The Labute approximate surface area is 108 Å². The zero-order chi connectivity index (χ0) is 14.6. The Morgan fingerprint density at radius 2 is 2.26 bits per heavy atom. The van der Waals surface area contributed by atoms with Crippen LogP contribution in [0.15, 0.2) is 12.1 Å². The molecule has 0 spiro atoms. The van der Waals surface area contributed by atoms with E-state index < -0.39 is 35.3 Å². The first-order valence-corrected chi connectivity index (χ1v) is 5.41. The maximum Gasteiger partial charge on any atom is 0.342 e. The van der Waals surface area contributed by atoms with E-state index in [0.717, 1.165) is 12.1 Å². The predicted octanol–water partition coefficient (Wildman–Crippen LogP) is 1.30. The molecule has 0 bridgehead atoms. The van der Waals surface area contributed by atoms with E-state index in [1.54, 1.807) is 0 Å². The minimum atomic E-state index is -2.22. The summed E-state index contributed by atoms with van der Waals surface area (Å²) in [7, 11) is 0. The molecule has 5 nitrogen and oxygen atoms in total. The molecule has 0 aromatic heterocycles. The number of carbonyl (C=O) groups is 1. The van der Waals surface area contributed by atoms with Gasteiger partial charge in [-0.05, 0) is 13.0 Å². The number of hydrogen-bond donors (Lipinski definition) is 2. The molecule has 2 atom stereocenters. The maximum atomic E-state index is 13.7. The Morgan fingerprint density at radius 1 is 1.63 bits per heavy atom. The third kappa shape index (κ3) is 2.98. The molecule has 1 unspecified atom stereocenters. The van der Waals surface area contributed by atoms with E-state index in [0.29, 0.717) is 0 Å². The summed E-state index contributed by atoms with van der Waals surface area (Å²) in [6.45, 7) is 1.48. The van der Waals surface area contributed by atoms with E-state index in [2.05, 4.69) is 4.74 Å². The summed E-state index contributed by atoms with van der Waals surface area (Å²) in [4.78, 5) is 11.2. The van der Waals surface area contributed by atoms with Gasteiger partial charge >= 0.3 is 5.97 Å². The minimum Gasteiger partial charge on any atom is -0.506 e. The van der Waals surface area contributed by atoms with Crippen LogP contribution in [0, 0.1) is 17.1 Å². The molecule has 1 aromatic rings. The number of alkyl halides is 1. The fourth-order valence-electron chi connectivity index (χ4n) is 1.48. The molecule has 0 aliphatic rings. The number of esters is 1. The van der Waals surface area contributed by atoms with E-state index in [1.807, 2.05) is 0 Å². The van der Waals surface area contributed by atoms with Crippen LogP contribution in [-0.2, 0) is 9.53 Å². The van der Waals surface area contributed by atoms with Crippen LogP contribution in [-0.4, -0.2) is 23.9 Å². The summed E-state index contributed by atoms with van der Waals surface area (Å²) in [6.07, 6.45) is -2.22. The lowest BCUT2D eigenvalue weighted by molar-refractivity contribution is -0.149. The van der Waals surface area contributed by atoms with Crippen molar-refractivity contribution in [2.75, 3.05) is 6.61 Å². The number of phenolic OH excluding ortho intramolecular Hbond substituents is 1. The molecule has 7 heteroatoms. The molecule has 0 heterocycles. The largest absolute Gasteiger partial charge is 0.506 e. The fraction of sp³-hybridized carbons (Fsp3) is 0.333. The third-order valence-corrected chi connectivity index (χ3v) is 2.46. The SMILES string of the molecule is CCOC(=O)C(F)[C@@H](N)c1ccc(F)c(C#N)c1O. The molecule has 3 N–H and O–H groups in total. The molecular formula is C12H12F2N2O3. The van der Waals surface area contributed by atoms with Crippen molar-refractivity contribution in [1.29, 1.82) is 5.26 Å². The van der Waals surface area contributed by atoms with Crippen LogP contribution >= 0.6 is 0 Å². The van der Waals surface area contributed by atoms with E-state index in [-0.39, 0.29) is 12.2 Å². The van der Waals surface area contributed by atoms with Gasteiger partial charge in [0.25, 0.3) is 0 Å². The number of aromatic hydroxyl groups is 1. The molecule has 0 radical (unpaired) electrons. The van der Waals surface area contributed by atoms with E-state index in [1.165, 1.54) is 13.0 Å². The summed E-state index contributed by atoms with van der Waals surface area (Å²) in [5.41, 5.74) is 4.59. The van der Waals surface area contributed by atoms with Crippen molar-refractivity contribution >= 4 is 5.97 Å². The second-order valence-corrected chi connectivity index (χ2v) is 3.65. The lowest BCUT2D eigenvalue weighted by Crippen LogP contribution is -2.31. The second-order valence-electron chi connectivity index (χ2n) is 3.65. The first-order chi connectivity index (χ1) is 8.93. The molecular weight excluding hydrogens is 258 g/mol. The van der Waals surface area contributed by atoms with Crippen LogP contribution in [0.1, 0.15) is 24.1 Å². The molecule has 0 aliphatic carbocycles. The summed E-state index contributed by atoms with van der Waals surface area (Å²) < 4.78 is 31.3. The van der Waals surface area contributed by atoms with Crippen LogP contribution in [0.2, 0.25) is 0 Å². The minimum absolute atomic E-state index is 0.0230. The molecule has 0 saturated heterocycles. The van der Waals surface area contributed by atoms with Gasteiger partial charge in [0.15, 0.2) is 0 Å². The summed E-state index contributed by atoms with van der Waals surface area (Å²) in [5.74, 6) is -2.92. The zero-order valence-electron chi connectivity index (χ0n) is 10.1. The number of hydrogen-bond acceptors (Lipinski definition) is 5. The number of nitrogens with two attached hydrogens (primary N) is 1. The average Bonchev–Trinajstić information content (AvgIpc) is 2.38. The average molecular weight is 270 g/mol. The van der Waals surface area contributed by atoms with Crippen LogP contribution in [0.4, 0.5) is 8.78 Å². The lowest BCUT2D eigenvalue weighted by Gasteiger charge is -2.17. The van der Waals surface area contributed by atoms with Crippen LogP contribution in [0.25, 0.3) is 0 Å². The normalized spacial score (nSPS) is 13.4. The van der Waals surface area contributed by atoms with Gasteiger partial charge in [0.05, 0.1) is 12.6 Å². The van der Waals surface area contributed by atoms with E-state index in [4.69, 9.17) is 11.0 Å². The van der Waals surface area contributed by atoms with Crippen molar-refractivity contribution in [2.24, 2.45) is 5.73 Å². The third-order valence-electron chi connectivity index (χ3n) is 2.46. The molecule has 0 aliphatic heterocycles. The Kier molecular flexibility index (Phi) is 4.78. The standard InChI is InChI=1S/C12H12F2N2O3/c1-2-19-12(18)9(14)10(16)6-3-4-8(13)7(5-15)11(6)17/h3-4,9-10,17H,2,16H2,1H3/t9?,10-/m0/s1. The monoisotopic (exact) mass is 270 g/mol. The van der Waals surface area contributed by atoms with Crippen molar-refractivity contribution in [3.63, 3.8) is 0 Å². The van der Waals surface area contributed by atoms with E-state index in [9.17, 15) is 18.7 Å². The molecule has 0 saturated carbocycles. The van der Waals surface area contributed by atoms with Gasteiger partial charge in [-0.1, -0.05) is 6.07 Å². The number of phenols is 1. The van der Waals surface area contributed by atoms with Gasteiger partial charge in [0.1, 0.15) is 23.2 Å². The molecule has 1 aromatic carbocycles. The maximum absolute atomic E-state index is 13.7. The van der Waals surface area contributed by atoms with Crippen LogP contribution in [0.3, 0.4) is 0 Å². The van der Waals surface area contributed by atoms with E-state index >= 15 is 0 Å². The first kappa shape index (κ1) is 14.9. The lowest BCUT2D eigenvalue weighted by atomic mass is 9.99. The van der Waals surface area contributed by atoms with Gasteiger partial charge < -0.3 is 15.6 Å². The molecule has 0 fully saturated rings. The summed E-state index contributed by atoms with van der Waals surface area (Å²) >= 11 is 0. The Hall–Kier alpha value is -2.20. The quantitative estimate of drug-likeness (QED) is 0.804. The number of nitrogens with zero attached hydrogens (tertiary/aromatic N) is 1. The number of benzene rings is 1. The van der Waals surface area contributed by atoms with Crippen LogP contribution in [0.5, 0.6) is 5.75 Å². The van der Waals surface area contributed by atoms with Crippen molar-refractivity contribution < 1.29 is 23.4 Å². The van der Waals surface area contributed by atoms with Crippen LogP contribution < -0.4 is 5.73 Å². The van der Waals surface area contributed by atoms with Crippen molar-refractivity contribution in [3.05, 3.63) is 29.1 Å². The zero-order valence-corrected chi connectivity index (χ0v) is 10.1. The van der Waals surface area contributed by atoms with Gasteiger partial charge in [0, 0.05) is 5.56 Å². The van der Waals surface area contributed by atoms with Gasteiger partial charge in [0.2, 0.25) is 6.17 Å². The highest BCUT2D eigenvalue weighted by Crippen LogP contribution is 2.31. The number of ether oxygens (including phenoxy) is 1. The number of halogens is 2. The molecule has 0 amide bonds. The van der Waals surface area contributed by atoms with Crippen molar-refractivity contribution in [2.45, 2.75) is 19.1 Å². The highest BCUT2D eigenvalue weighted by Gasteiger charge is 2.30. The van der Waals surface area contributed by atoms with Gasteiger partial charge in [-0.2, -0.15) is 5.26 Å². The number of rotatable bonds is 4. The first-order valence-electron chi connectivity index (χ1n) is 5.41. The predicted molar refractivity (Wildman–Crippen MR) is 61.2 cm³/mol. The van der Waals surface area contributed by atoms with Gasteiger partial charge in [-0.25, -0.2) is 13.6 Å². The van der Waals surface area contributed by atoms with Gasteiger partial charge in [-0.15, -0.1) is 0 Å². The molecule has 102 valence electrons. The second kappa shape index (κ2) is 6.11. The highest BCUT2D eigenvalue weighted by molar-refractivity contribution is 5.76. The smallest absolute Gasteiger partial charge is 0.342 e. The highest BCUT2D eigenvalue weighted by atomic mass is 19.1. The number of nitriles is 1.